The standard InChI is InChI=1S/C25H21BF3N7O/c1-15-5-4-8-19(32-15)23-22(17-9-10-21-30-14-31-36(21)12-17)33-20(34-23)13-35(26)11-16-6-2-3-7-18(16)24(37)25(27,28)29/h2-10,12,14,24,37H,11,13H2,1H3,(H,33,34). The molecule has 8 nitrogen and oxygen atoms in total. The Hall–Kier alpha value is -4.03. The number of fused-ring (bicyclic) bond motifs is 1. The molecule has 186 valence electrons. The number of aryl methyl sites for hydroxylation is 1. The predicted molar refractivity (Wildman–Crippen MR) is 131 cm³/mol. The van der Waals surface area contributed by atoms with Gasteiger partial charge in [0.25, 0.3) is 0 Å². The molecule has 0 saturated carbocycles. The van der Waals surface area contributed by atoms with Crippen molar-refractivity contribution >= 4 is 13.6 Å². The summed E-state index contributed by atoms with van der Waals surface area (Å²) in [7, 11) is 6.21. The molecular formula is C25H21BF3N7O. The molecule has 37 heavy (non-hydrogen) atoms. The van der Waals surface area contributed by atoms with E-state index in [9.17, 15) is 18.3 Å². The molecule has 2 radical (unpaired) electrons. The molecule has 0 bridgehead atoms. The van der Waals surface area contributed by atoms with Gasteiger partial charge in [-0.15, -0.1) is 0 Å². The largest absolute Gasteiger partial charge is 0.418 e. The third-order valence-corrected chi connectivity index (χ3v) is 5.83. The number of halogens is 3. The van der Waals surface area contributed by atoms with Crippen molar-refractivity contribution in [1.29, 1.82) is 0 Å². The van der Waals surface area contributed by atoms with Crippen LogP contribution in [0.5, 0.6) is 0 Å². The summed E-state index contributed by atoms with van der Waals surface area (Å²) >= 11 is 0. The lowest BCUT2D eigenvalue weighted by Gasteiger charge is -2.22. The lowest BCUT2D eigenvalue weighted by atomic mass is 10.0. The summed E-state index contributed by atoms with van der Waals surface area (Å²) in [6.07, 6.45) is -4.13. The zero-order chi connectivity index (χ0) is 26.2. The molecule has 0 aliphatic heterocycles. The van der Waals surface area contributed by atoms with Crippen molar-refractivity contribution in [1.82, 2.24) is 34.4 Å². The van der Waals surface area contributed by atoms with E-state index in [-0.39, 0.29) is 24.2 Å². The number of aromatic nitrogens is 6. The number of alkyl halides is 3. The van der Waals surface area contributed by atoms with Crippen LogP contribution < -0.4 is 0 Å². The lowest BCUT2D eigenvalue weighted by molar-refractivity contribution is -0.207. The van der Waals surface area contributed by atoms with Gasteiger partial charge in [-0.3, -0.25) is 4.98 Å². The average Bonchev–Trinajstić information content (AvgIpc) is 3.50. The molecule has 12 heteroatoms. The molecule has 5 aromatic rings. The van der Waals surface area contributed by atoms with Gasteiger partial charge in [-0.05, 0) is 42.3 Å². The number of aliphatic hydroxyl groups excluding tert-OH is 1. The minimum atomic E-state index is -4.79. The van der Waals surface area contributed by atoms with E-state index in [1.807, 2.05) is 37.3 Å². The number of nitrogens with one attached hydrogen (secondary N) is 1. The summed E-state index contributed by atoms with van der Waals surface area (Å²) < 4.78 is 41.1. The number of H-pyrrole nitrogens is 1. The quantitative estimate of drug-likeness (QED) is 0.324. The number of benzene rings is 1. The van der Waals surface area contributed by atoms with Gasteiger partial charge in [0.1, 0.15) is 12.2 Å². The van der Waals surface area contributed by atoms with Crippen LogP contribution in [0.1, 0.15) is 28.7 Å². The fourth-order valence-electron chi connectivity index (χ4n) is 4.12. The summed E-state index contributed by atoms with van der Waals surface area (Å²) in [6, 6.07) is 15.1. The Morgan fingerprint density at radius 1 is 1.05 bits per heavy atom. The zero-order valence-corrected chi connectivity index (χ0v) is 19.7. The number of nitrogens with zero attached hydrogens (tertiary/aromatic N) is 6. The minimum absolute atomic E-state index is 0.0394. The molecule has 0 aliphatic carbocycles. The SMILES string of the molecule is [B]N(Cc1nc(-c2ccc3ncnn3c2)c(-c2cccc(C)n2)[nH]1)Cc1ccccc1C(O)C(F)(F)F. The van der Waals surface area contributed by atoms with Gasteiger partial charge in [0, 0.05) is 30.5 Å². The molecule has 0 fully saturated rings. The van der Waals surface area contributed by atoms with Gasteiger partial charge in [-0.2, -0.15) is 18.3 Å². The molecular weight excluding hydrogens is 482 g/mol. The van der Waals surface area contributed by atoms with Gasteiger partial charge >= 0.3 is 6.18 Å². The van der Waals surface area contributed by atoms with Crippen LogP contribution in [0.2, 0.25) is 0 Å². The summed E-state index contributed by atoms with van der Waals surface area (Å²) in [4.78, 5) is 18.1. The summed E-state index contributed by atoms with van der Waals surface area (Å²) in [5, 5.41) is 14.0. The first-order valence-corrected chi connectivity index (χ1v) is 11.3. The van der Waals surface area contributed by atoms with Crippen molar-refractivity contribution in [3.8, 4) is 22.6 Å². The van der Waals surface area contributed by atoms with E-state index >= 15 is 0 Å². The maximum absolute atomic E-state index is 13.1. The van der Waals surface area contributed by atoms with Crippen LogP contribution in [-0.4, -0.2) is 53.6 Å². The summed E-state index contributed by atoms with van der Waals surface area (Å²) in [5.41, 5.74) is 4.26. The fourth-order valence-corrected chi connectivity index (χ4v) is 4.12. The Morgan fingerprint density at radius 2 is 1.86 bits per heavy atom. The van der Waals surface area contributed by atoms with E-state index in [0.29, 0.717) is 28.6 Å². The van der Waals surface area contributed by atoms with E-state index < -0.39 is 12.3 Å². The van der Waals surface area contributed by atoms with E-state index in [0.717, 1.165) is 11.3 Å². The molecule has 1 atom stereocenters. The van der Waals surface area contributed by atoms with Crippen LogP contribution in [0.4, 0.5) is 13.2 Å². The molecule has 5 rings (SSSR count). The number of hydrogen-bond donors (Lipinski definition) is 2. The number of rotatable bonds is 7. The highest BCUT2D eigenvalue weighted by Gasteiger charge is 2.40. The van der Waals surface area contributed by atoms with Crippen LogP contribution in [0.3, 0.4) is 0 Å². The first kappa shape index (κ1) is 24.7. The first-order valence-electron chi connectivity index (χ1n) is 11.3. The molecule has 0 aliphatic rings. The second kappa shape index (κ2) is 9.79. The number of pyridine rings is 2. The van der Waals surface area contributed by atoms with Crippen LogP contribution in [0.25, 0.3) is 28.3 Å². The molecule has 2 N–H and O–H groups in total. The van der Waals surface area contributed by atoms with E-state index in [1.165, 1.54) is 29.3 Å². The third kappa shape index (κ3) is 5.25. The van der Waals surface area contributed by atoms with Gasteiger partial charge in [-0.1, -0.05) is 30.3 Å². The van der Waals surface area contributed by atoms with Crippen molar-refractivity contribution < 1.29 is 18.3 Å². The second-order valence-corrected chi connectivity index (χ2v) is 8.60. The molecule has 1 aromatic carbocycles. The Kier molecular flexibility index (Phi) is 6.53. The highest BCUT2D eigenvalue weighted by atomic mass is 19.4. The topological polar surface area (TPSA) is 95.2 Å². The van der Waals surface area contributed by atoms with E-state index in [4.69, 9.17) is 13.0 Å². The molecule has 4 aromatic heterocycles. The van der Waals surface area contributed by atoms with Crippen molar-refractivity contribution in [3.63, 3.8) is 0 Å². The highest BCUT2D eigenvalue weighted by Crippen LogP contribution is 2.35. The Labute approximate surface area is 211 Å². The number of aromatic amines is 1. The van der Waals surface area contributed by atoms with Gasteiger partial charge in [-0.25, -0.2) is 14.5 Å². The molecule has 0 amide bonds. The fraction of sp³-hybridized carbons (Fsp3) is 0.200. The van der Waals surface area contributed by atoms with Gasteiger partial charge in [0.05, 0.1) is 17.1 Å². The molecule has 1 unspecified atom stereocenters. The van der Waals surface area contributed by atoms with Crippen molar-refractivity contribution in [3.05, 3.63) is 89.8 Å². The monoisotopic (exact) mass is 503 g/mol. The van der Waals surface area contributed by atoms with Crippen molar-refractivity contribution in [2.24, 2.45) is 0 Å². The average molecular weight is 503 g/mol. The lowest BCUT2D eigenvalue weighted by Crippen LogP contribution is -2.25. The number of hydrogen-bond acceptors (Lipinski definition) is 6. The van der Waals surface area contributed by atoms with Crippen molar-refractivity contribution in [2.45, 2.75) is 32.3 Å². The Morgan fingerprint density at radius 3 is 2.65 bits per heavy atom. The minimum Gasteiger partial charge on any atom is -0.379 e. The highest BCUT2D eigenvalue weighted by molar-refractivity contribution is 6.04. The second-order valence-electron chi connectivity index (χ2n) is 8.60. The number of aliphatic hydroxyl groups is 1. The maximum Gasteiger partial charge on any atom is 0.418 e. The van der Waals surface area contributed by atoms with Gasteiger partial charge in [0.15, 0.2) is 19.7 Å². The van der Waals surface area contributed by atoms with Crippen LogP contribution in [0.15, 0.2) is 67.1 Å². The van der Waals surface area contributed by atoms with E-state index in [1.54, 1.807) is 16.8 Å². The Bertz CT molecular complexity index is 1550. The maximum atomic E-state index is 13.1. The summed E-state index contributed by atoms with van der Waals surface area (Å²) in [6.45, 7) is 1.94. The third-order valence-electron chi connectivity index (χ3n) is 5.83. The van der Waals surface area contributed by atoms with Gasteiger partial charge < -0.3 is 14.9 Å². The van der Waals surface area contributed by atoms with Crippen molar-refractivity contribution in [2.75, 3.05) is 0 Å². The summed E-state index contributed by atoms with van der Waals surface area (Å²) in [5.74, 6) is 0.489. The van der Waals surface area contributed by atoms with E-state index in [2.05, 4.69) is 20.1 Å². The predicted octanol–water partition coefficient (Wildman–Crippen LogP) is 4.17. The first-order chi connectivity index (χ1) is 17.7. The van der Waals surface area contributed by atoms with Crippen LogP contribution in [0, 0.1) is 6.92 Å². The normalized spacial score (nSPS) is 12.9. The van der Waals surface area contributed by atoms with Gasteiger partial charge in [0.2, 0.25) is 0 Å². The molecule has 0 spiro atoms. The Balaban J connectivity index is 1.46. The van der Waals surface area contributed by atoms with Crippen LogP contribution in [-0.2, 0) is 13.1 Å². The molecule has 4 heterocycles. The smallest absolute Gasteiger partial charge is 0.379 e. The molecule has 0 saturated heterocycles. The zero-order valence-electron chi connectivity index (χ0n) is 19.7. The number of imidazole rings is 1. The van der Waals surface area contributed by atoms with Crippen LogP contribution >= 0.6 is 0 Å².